The van der Waals surface area contributed by atoms with E-state index in [2.05, 4.69) is 15.6 Å². The van der Waals surface area contributed by atoms with Crippen molar-refractivity contribution in [1.29, 1.82) is 0 Å². The second kappa shape index (κ2) is 8.49. The van der Waals surface area contributed by atoms with Gasteiger partial charge < -0.3 is 20.5 Å². The number of urea groups is 1. The molecule has 0 atom stereocenters. The van der Waals surface area contributed by atoms with Crippen LogP contribution in [0, 0.1) is 10.1 Å². The summed E-state index contributed by atoms with van der Waals surface area (Å²) >= 11 is 0. The average molecular weight is 380 g/mol. The monoisotopic (exact) mass is 380 g/mol. The van der Waals surface area contributed by atoms with Crippen LogP contribution in [0.4, 0.5) is 21.9 Å². The highest BCUT2D eigenvalue weighted by Crippen LogP contribution is 2.29. The molecule has 0 saturated carbocycles. The maximum Gasteiger partial charge on any atom is 0.323 e. The number of ether oxygens (including phenoxy) is 1. The number of phenols is 1. The summed E-state index contributed by atoms with van der Waals surface area (Å²) in [5.74, 6) is 0.0280. The third-order valence-corrected chi connectivity index (χ3v) is 3.68. The summed E-state index contributed by atoms with van der Waals surface area (Å²) in [5.41, 5.74) is 0.904. The number of pyridine rings is 1. The second-order valence-electron chi connectivity index (χ2n) is 5.64. The highest BCUT2D eigenvalue weighted by molar-refractivity contribution is 6.01. The van der Waals surface area contributed by atoms with Crippen molar-refractivity contribution in [3.05, 3.63) is 82.7 Å². The van der Waals surface area contributed by atoms with E-state index in [9.17, 15) is 20.0 Å². The number of hydrogen-bond acceptors (Lipinski definition) is 6. The molecule has 0 saturated heterocycles. The first-order valence-corrected chi connectivity index (χ1v) is 8.20. The van der Waals surface area contributed by atoms with Gasteiger partial charge in [0.2, 0.25) is 0 Å². The molecular formula is C19H16N4O5. The number of nitrogens with zero attached hydrogens (tertiary/aromatic N) is 2. The standard InChI is InChI=1S/C19H16N4O5/c24-17-11-14(23(26)27)8-9-15(17)21-19(25)22-16-6-1-2-7-18(16)28-12-13-5-3-4-10-20-13/h1-11,24H,12H2,(H2,21,22,25). The number of nitrogens with one attached hydrogen (secondary N) is 2. The third kappa shape index (κ3) is 4.73. The fourth-order valence-corrected chi connectivity index (χ4v) is 2.35. The normalized spacial score (nSPS) is 10.1. The van der Waals surface area contributed by atoms with Gasteiger partial charge >= 0.3 is 6.03 Å². The van der Waals surface area contributed by atoms with Gasteiger partial charge in [-0.25, -0.2) is 4.79 Å². The summed E-state index contributed by atoms with van der Waals surface area (Å²) in [4.78, 5) is 26.5. The molecule has 0 bridgehead atoms. The molecule has 142 valence electrons. The summed E-state index contributed by atoms with van der Waals surface area (Å²) in [6.45, 7) is 0.226. The lowest BCUT2D eigenvalue weighted by Gasteiger charge is -2.13. The molecule has 0 aliphatic carbocycles. The Hall–Kier alpha value is -4.14. The number of benzene rings is 2. The number of nitro benzene ring substituents is 1. The van der Waals surface area contributed by atoms with Gasteiger partial charge in [0.15, 0.2) is 0 Å². The van der Waals surface area contributed by atoms with Crippen LogP contribution >= 0.6 is 0 Å². The van der Waals surface area contributed by atoms with E-state index >= 15 is 0 Å². The SMILES string of the molecule is O=C(Nc1ccc([N+](=O)[O-])cc1O)Nc1ccccc1OCc1ccccn1. The Morgan fingerprint density at radius 1 is 1.07 bits per heavy atom. The predicted molar refractivity (Wildman–Crippen MR) is 102 cm³/mol. The van der Waals surface area contributed by atoms with Gasteiger partial charge in [0.25, 0.3) is 5.69 Å². The zero-order chi connectivity index (χ0) is 19.9. The predicted octanol–water partition coefficient (Wildman–Crippen LogP) is 3.92. The summed E-state index contributed by atoms with van der Waals surface area (Å²) in [6.07, 6.45) is 1.66. The molecule has 28 heavy (non-hydrogen) atoms. The Labute approximate surface area is 159 Å². The molecule has 2 amide bonds. The summed E-state index contributed by atoms with van der Waals surface area (Å²) in [7, 11) is 0. The molecule has 1 aromatic heterocycles. The van der Waals surface area contributed by atoms with Crippen LogP contribution in [0.15, 0.2) is 66.9 Å². The van der Waals surface area contributed by atoms with Gasteiger partial charge in [-0.1, -0.05) is 18.2 Å². The van der Waals surface area contributed by atoms with Crippen molar-refractivity contribution in [3.8, 4) is 11.5 Å². The number of para-hydroxylation sites is 2. The Morgan fingerprint density at radius 2 is 1.82 bits per heavy atom. The van der Waals surface area contributed by atoms with E-state index in [4.69, 9.17) is 4.74 Å². The van der Waals surface area contributed by atoms with Crippen LogP contribution in [0.3, 0.4) is 0 Å². The fourth-order valence-electron chi connectivity index (χ4n) is 2.35. The fraction of sp³-hybridized carbons (Fsp3) is 0.0526. The van der Waals surface area contributed by atoms with Crippen LogP contribution in [-0.2, 0) is 6.61 Å². The number of non-ortho nitro benzene ring substituents is 1. The van der Waals surface area contributed by atoms with Gasteiger partial charge in [0.1, 0.15) is 18.1 Å². The number of anilines is 2. The summed E-state index contributed by atoms with van der Waals surface area (Å²) in [6, 6.07) is 15.1. The highest BCUT2D eigenvalue weighted by Gasteiger charge is 2.13. The van der Waals surface area contributed by atoms with Crippen LogP contribution in [0.25, 0.3) is 0 Å². The molecule has 9 heteroatoms. The molecule has 3 aromatic rings. The molecule has 0 fully saturated rings. The van der Waals surface area contributed by atoms with E-state index in [-0.39, 0.29) is 18.0 Å². The lowest BCUT2D eigenvalue weighted by molar-refractivity contribution is -0.384. The summed E-state index contributed by atoms with van der Waals surface area (Å²) < 4.78 is 5.71. The molecule has 3 N–H and O–H groups in total. The van der Waals surface area contributed by atoms with Gasteiger partial charge in [-0.15, -0.1) is 0 Å². The lowest BCUT2D eigenvalue weighted by atomic mass is 10.2. The quantitative estimate of drug-likeness (QED) is 0.338. The van der Waals surface area contributed by atoms with E-state index in [1.807, 2.05) is 12.1 Å². The smallest absolute Gasteiger partial charge is 0.323 e. The van der Waals surface area contributed by atoms with E-state index in [1.165, 1.54) is 12.1 Å². The van der Waals surface area contributed by atoms with Gasteiger partial charge in [-0.05, 0) is 30.3 Å². The van der Waals surface area contributed by atoms with Gasteiger partial charge in [0, 0.05) is 12.3 Å². The molecule has 0 spiro atoms. The molecule has 0 radical (unpaired) electrons. The first kappa shape index (κ1) is 18.6. The van der Waals surface area contributed by atoms with Crippen molar-refractivity contribution < 1.29 is 19.6 Å². The minimum Gasteiger partial charge on any atom is -0.506 e. The van der Waals surface area contributed by atoms with E-state index in [1.54, 1.807) is 36.5 Å². The number of nitro groups is 1. The van der Waals surface area contributed by atoms with Crippen molar-refractivity contribution in [1.82, 2.24) is 4.98 Å². The van der Waals surface area contributed by atoms with Crippen LogP contribution < -0.4 is 15.4 Å². The molecule has 0 aliphatic heterocycles. The lowest BCUT2D eigenvalue weighted by Crippen LogP contribution is -2.20. The zero-order valence-corrected chi connectivity index (χ0v) is 14.5. The number of carbonyl (C=O) groups excluding carboxylic acids is 1. The molecule has 2 aromatic carbocycles. The Bertz CT molecular complexity index is 995. The average Bonchev–Trinajstić information content (AvgIpc) is 2.69. The van der Waals surface area contributed by atoms with Crippen LogP contribution in [0.5, 0.6) is 11.5 Å². The van der Waals surface area contributed by atoms with Crippen molar-refractivity contribution >= 4 is 23.1 Å². The van der Waals surface area contributed by atoms with Crippen LogP contribution in [0.1, 0.15) is 5.69 Å². The Balaban J connectivity index is 1.66. The number of carbonyl (C=O) groups is 1. The molecule has 0 aliphatic rings. The third-order valence-electron chi connectivity index (χ3n) is 3.68. The topological polar surface area (TPSA) is 127 Å². The van der Waals surface area contributed by atoms with Crippen LogP contribution in [-0.4, -0.2) is 21.0 Å². The van der Waals surface area contributed by atoms with Crippen molar-refractivity contribution in [2.45, 2.75) is 6.61 Å². The molecule has 3 rings (SSSR count). The molecule has 0 unspecified atom stereocenters. The first-order valence-electron chi connectivity index (χ1n) is 8.20. The van der Waals surface area contributed by atoms with E-state index in [0.29, 0.717) is 11.4 Å². The number of hydrogen-bond donors (Lipinski definition) is 3. The van der Waals surface area contributed by atoms with Crippen molar-refractivity contribution in [2.24, 2.45) is 0 Å². The van der Waals surface area contributed by atoms with E-state index in [0.717, 1.165) is 11.8 Å². The molecule has 9 nitrogen and oxygen atoms in total. The Kier molecular flexibility index (Phi) is 5.66. The van der Waals surface area contributed by atoms with Gasteiger partial charge in [-0.3, -0.25) is 15.1 Å². The molecular weight excluding hydrogens is 364 g/mol. The minimum absolute atomic E-state index is 0.0370. The second-order valence-corrected chi connectivity index (χ2v) is 5.64. The van der Waals surface area contributed by atoms with Gasteiger partial charge in [0.05, 0.1) is 28.1 Å². The number of aromatic nitrogens is 1. The largest absolute Gasteiger partial charge is 0.506 e. The van der Waals surface area contributed by atoms with E-state index < -0.39 is 16.7 Å². The minimum atomic E-state index is -0.641. The maximum absolute atomic E-state index is 12.2. The number of amides is 2. The number of aromatic hydroxyl groups is 1. The summed E-state index contributed by atoms with van der Waals surface area (Å²) in [5, 5.41) is 25.6. The Morgan fingerprint density at radius 3 is 2.54 bits per heavy atom. The maximum atomic E-state index is 12.2. The highest BCUT2D eigenvalue weighted by atomic mass is 16.6. The van der Waals surface area contributed by atoms with Crippen LogP contribution in [0.2, 0.25) is 0 Å². The number of phenolic OH excluding ortho intramolecular Hbond substituents is 1. The number of rotatable bonds is 6. The van der Waals surface area contributed by atoms with Gasteiger partial charge in [-0.2, -0.15) is 0 Å². The van der Waals surface area contributed by atoms with Crippen molar-refractivity contribution in [3.63, 3.8) is 0 Å². The first-order chi connectivity index (χ1) is 13.5. The van der Waals surface area contributed by atoms with Crippen molar-refractivity contribution in [2.75, 3.05) is 10.6 Å². The zero-order valence-electron chi connectivity index (χ0n) is 14.5. The molecule has 1 heterocycles.